The molecule has 2 aromatic heterocycles. The molecule has 3 aromatic rings. The van der Waals surface area contributed by atoms with E-state index >= 15 is 0 Å². The highest BCUT2D eigenvalue weighted by Gasteiger charge is 2.43. The van der Waals surface area contributed by atoms with Gasteiger partial charge in [-0.2, -0.15) is 17.6 Å². The Labute approximate surface area is 177 Å². The third-order valence-corrected chi connectivity index (χ3v) is 6.64. The predicted octanol–water partition coefficient (Wildman–Crippen LogP) is 5.05. The maximum atomic E-state index is 14.1. The smallest absolute Gasteiger partial charge is 0.314 e. The first kappa shape index (κ1) is 19.9. The van der Waals surface area contributed by atoms with Gasteiger partial charge in [-0.3, -0.25) is 0 Å². The molecular weight excluding hydrogens is 434 g/mol. The molecule has 160 valence electrons. The second-order valence-corrected chi connectivity index (χ2v) is 8.42. The Morgan fingerprint density at radius 2 is 1.90 bits per heavy atom. The van der Waals surface area contributed by atoms with Crippen LogP contribution in [-0.2, 0) is 12.6 Å². The number of nitrogens with zero attached hydrogens (tertiary/aromatic N) is 4. The van der Waals surface area contributed by atoms with Crippen LogP contribution in [0.1, 0.15) is 35.0 Å². The first-order chi connectivity index (χ1) is 14.8. The molecule has 2 aliphatic rings. The first-order valence-corrected chi connectivity index (χ1v) is 10.4. The van der Waals surface area contributed by atoms with Crippen LogP contribution in [0.3, 0.4) is 0 Å². The lowest BCUT2D eigenvalue weighted by molar-refractivity contribution is -0.138. The van der Waals surface area contributed by atoms with Crippen LogP contribution in [-0.4, -0.2) is 32.2 Å². The number of rotatable bonds is 2. The molecule has 1 fully saturated rings. The zero-order chi connectivity index (χ0) is 21.8. The van der Waals surface area contributed by atoms with Crippen LogP contribution in [0.4, 0.5) is 28.0 Å². The van der Waals surface area contributed by atoms with Gasteiger partial charge in [0.25, 0.3) is 0 Å². The van der Waals surface area contributed by atoms with Crippen LogP contribution in [0.5, 0.6) is 0 Å². The maximum Gasteiger partial charge on any atom is 0.445 e. The van der Waals surface area contributed by atoms with Crippen molar-refractivity contribution in [3.8, 4) is 10.6 Å². The van der Waals surface area contributed by atoms with Gasteiger partial charge in [-0.05, 0) is 55.2 Å². The SMILES string of the molecule is O=C(Nc1ccc(-c2nnc(C(F)(F)F)s2)cc1)N1[C@H]2CC[C@@H]1c1ccnc(F)c1C2. The molecule has 1 aromatic carbocycles. The molecule has 2 atom stereocenters. The summed E-state index contributed by atoms with van der Waals surface area (Å²) < 4.78 is 52.2. The van der Waals surface area contributed by atoms with E-state index in [-0.39, 0.29) is 23.1 Å². The topological polar surface area (TPSA) is 71.0 Å². The quantitative estimate of drug-likeness (QED) is 0.439. The molecule has 0 radical (unpaired) electrons. The van der Waals surface area contributed by atoms with Crippen molar-refractivity contribution < 1.29 is 22.4 Å². The van der Waals surface area contributed by atoms with Crippen molar-refractivity contribution >= 4 is 23.1 Å². The number of alkyl halides is 3. The maximum absolute atomic E-state index is 14.1. The van der Waals surface area contributed by atoms with E-state index in [9.17, 15) is 22.4 Å². The number of hydrogen-bond acceptors (Lipinski definition) is 5. The molecule has 0 spiro atoms. The summed E-state index contributed by atoms with van der Waals surface area (Å²) in [6.07, 6.45) is -1.15. The third kappa shape index (κ3) is 3.52. The minimum atomic E-state index is -4.53. The van der Waals surface area contributed by atoms with Crippen molar-refractivity contribution in [2.24, 2.45) is 0 Å². The lowest BCUT2D eigenvalue weighted by Crippen LogP contribution is -2.44. The highest BCUT2D eigenvalue weighted by atomic mass is 32.1. The Kier molecular flexibility index (Phi) is 4.65. The number of carbonyl (C=O) groups excluding carboxylic acids is 1. The number of amides is 2. The second kappa shape index (κ2) is 7.26. The van der Waals surface area contributed by atoms with Gasteiger partial charge in [-0.15, -0.1) is 10.2 Å². The Bertz CT molecular complexity index is 1150. The molecule has 2 aliphatic heterocycles. The van der Waals surface area contributed by atoms with Gasteiger partial charge in [-0.25, -0.2) is 9.78 Å². The van der Waals surface area contributed by atoms with Gasteiger partial charge in [0, 0.05) is 29.1 Å². The Morgan fingerprint density at radius 3 is 2.61 bits per heavy atom. The van der Waals surface area contributed by atoms with Crippen LogP contribution in [0.15, 0.2) is 36.5 Å². The normalized spacial score (nSPS) is 19.9. The fourth-order valence-corrected chi connectivity index (χ4v) is 4.98. The van der Waals surface area contributed by atoms with Crippen molar-refractivity contribution in [3.05, 3.63) is 58.6 Å². The minimum absolute atomic E-state index is 0.0994. The van der Waals surface area contributed by atoms with E-state index in [1.165, 1.54) is 6.20 Å². The Hall–Kier alpha value is -3.08. The van der Waals surface area contributed by atoms with Crippen molar-refractivity contribution in [3.63, 3.8) is 0 Å². The zero-order valence-electron chi connectivity index (χ0n) is 15.9. The van der Waals surface area contributed by atoms with Crippen LogP contribution in [0.25, 0.3) is 10.6 Å². The van der Waals surface area contributed by atoms with Crippen LogP contribution in [0, 0.1) is 5.95 Å². The highest BCUT2D eigenvalue weighted by molar-refractivity contribution is 7.14. The van der Waals surface area contributed by atoms with E-state index in [0.717, 1.165) is 18.4 Å². The predicted molar refractivity (Wildman–Crippen MR) is 105 cm³/mol. The van der Waals surface area contributed by atoms with Gasteiger partial charge in [0.1, 0.15) is 5.01 Å². The fraction of sp³-hybridized carbons (Fsp3) is 0.300. The summed E-state index contributed by atoms with van der Waals surface area (Å²) in [5, 5.41) is 8.74. The van der Waals surface area contributed by atoms with E-state index in [1.807, 2.05) is 0 Å². The molecule has 0 aliphatic carbocycles. The summed E-state index contributed by atoms with van der Waals surface area (Å²) in [6, 6.07) is 7.53. The summed E-state index contributed by atoms with van der Waals surface area (Å²) in [7, 11) is 0. The molecule has 1 saturated heterocycles. The molecule has 31 heavy (non-hydrogen) atoms. The molecule has 5 rings (SSSR count). The molecular formula is C20H15F4N5OS. The monoisotopic (exact) mass is 449 g/mol. The average molecular weight is 449 g/mol. The minimum Gasteiger partial charge on any atom is -0.314 e. The Morgan fingerprint density at radius 1 is 1.13 bits per heavy atom. The molecule has 11 heteroatoms. The summed E-state index contributed by atoms with van der Waals surface area (Å²) in [4.78, 5) is 18.4. The van der Waals surface area contributed by atoms with Crippen molar-refractivity contribution in [2.75, 3.05) is 5.32 Å². The lowest BCUT2D eigenvalue weighted by Gasteiger charge is -2.36. The number of anilines is 1. The Balaban J connectivity index is 1.32. The molecule has 1 N–H and O–H groups in total. The number of aromatic nitrogens is 3. The average Bonchev–Trinajstić information content (AvgIpc) is 3.34. The van der Waals surface area contributed by atoms with Crippen molar-refractivity contribution in [1.29, 1.82) is 0 Å². The van der Waals surface area contributed by atoms with Gasteiger partial charge in [-0.1, -0.05) is 11.3 Å². The fourth-order valence-electron chi connectivity index (χ4n) is 4.27. The first-order valence-electron chi connectivity index (χ1n) is 9.55. The van der Waals surface area contributed by atoms with E-state index < -0.39 is 17.1 Å². The summed E-state index contributed by atoms with van der Waals surface area (Å²) in [5.74, 6) is -0.476. The van der Waals surface area contributed by atoms with Gasteiger partial charge < -0.3 is 10.2 Å². The summed E-state index contributed by atoms with van der Waals surface area (Å²) in [6.45, 7) is 0. The molecule has 2 amide bonds. The van der Waals surface area contributed by atoms with Gasteiger partial charge in [0.15, 0.2) is 0 Å². The van der Waals surface area contributed by atoms with Crippen LogP contribution >= 0.6 is 11.3 Å². The van der Waals surface area contributed by atoms with Crippen molar-refractivity contribution in [2.45, 2.75) is 37.5 Å². The number of urea groups is 1. The summed E-state index contributed by atoms with van der Waals surface area (Å²) >= 11 is 0.460. The second-order valence-electron chi connectivity index (χ2n) is 7.45. The summed E-state index contributed by atoms with van der Waals surface area (Å²) in [5.41, 5.74) is 2.35. The number of pyridine rings is 1. The lowest BCUT2D eigenvalue weighted by atomic mass is 9.95. The van der Waals surface area contributed by atoms with Gasteiger partial charge in [0.2, 0.25) is 11.0 Å². The highest BCUT2D eigenvalue weighted by Crippen LogP contribution is 2.44. The van der Waals surface area contributed by atoms with Crippen molar-refractivity contribution in [1.82, 2.24) is 20.1 Å². The largest absolute Gasteiger partial charge is 0.445 e. The van der Waals surface area contributed by atoms with E-state index in [4.69, 9.17) is 0 Å². The van der Waals surface area contributed by atoms with Crippen LogP contribution < -0.4 is 5.32 Å². The molecule has 2 bridgehead atoms. The molecule has 0 unspecified atom stereocenters. The number of hydrogen-bond donors (Lipinski definition) is 1. The number of carbonyl (C=O) groups is 1. The number of halogens is 4. The van der Waals surface area contributed by atoms with E-state index in [0.29, 0.717) is 34.6 Å². The molecule has 6 nitrogen and oxygen atoms in total. The number of benzene rings is 1. The van der Waals surface area contributed by atoms with E-state index in [2.05, 4.69) is 20.5 Å². The van der Waals surface area contributed by atoms with Gasteiger partial charge in [0.05, 0.1) is 6.04 Å². The van der Waals surface area contributed by atoms with Crippen LogP contribution in [0.2, 0.25) is 0 Å². The number of nitrogens with one attached hydrogen (secondary N) is 1. The number of fused-ring (bicyclic) bond motifs is 4. The standard InChI is InChI=1S/C20H15F4N5OS/c21-16-14-9-12-5-6-15(13(14)7-8-25-16)29(12)19(30)26-11-3-1-10(2-4-11)17-27-28-18(31-17)20(22,23)24/h1-4,7-8,12,15H,5-6,9H2,(H,26,30)/t12-,15+/m0/s1. The van der Waals surface area contributed by atoms with Gasteiger partial charge >= 0.3 is 12.2 Å². The molecule has 4 heterocycles. The third-order valence-electron chi connectivity index (χ3n) is 5.63. The van der Waals surface area contributed by atoms with E-state index in [1.54, 1.807) is 35.2 Å². The molecule has 0 saturated carbocycles. The zero-order valence-corrected chi connectivity index (χ0v) is 16.7.